The molecule has 0 saturated heterocycles. The molecule has 1 aliphatic rings. The van der Waals surface area contributed by atoms with Gasteiger partial charge in [0.15, 0.2) is 0 Å². The van der Waals surface area contributed by atoms with Crippen LogP contribution in [0.4, 0.5) is 0 Å². The van der Waals surface area contributed by atoms with Gasteiger partial charge in [-0.1, -0.05) is 20.8 Å². The lowest BCUT2D eigenvalue weighted by atomic mass is 9.66. The van der Waals surface area contributed by atoms with E-state index in [1.165, 1.54) is 0 Å². The third-order valence-corrected chi connectivity index (χ3v) is 3.18. The molecular weight excluding hydrogens is 232 g/mol. The molecule has 1 rings (SSSR count). The number of rotatable bonds is 3. The average molecular weight is 258 g/mol. The number of hydrogen-bond donors (Lipinski definition) is 1. The Bertz CT molecular complexity index is 316. The van der Waals surface area contributed by atoms with E-state index in [4.69, 9.17) is 9.78 Å². The van der Waals surface area contributed by atoms with Crippen LogP contribution in [0.25, 0.3) is 0 Å². The van der Waals surface area contributed by atoms with Crippen LogP contribution in [0.15, 0.2) is 0 Å². The second-order valence-electron chi connectivity index (χ2n) is 7.43. The predicted octanol–water partition coefficient (Wildman–Crippen LogP) is 3.40. The maximum absolute atomic E-state index is 11.6. The number of carbonyl (C=O) groups is 1. The molecule has 1 saturated carbocycles. The summed E-state index contributed by atoms with van der Waals surface area (Å²) in [6.07, 6.45) is 2.00. The lowest BCUT2D eigenvalue weighted by Gasteiger charge is -2.44. The largest absolute Gasteiger partial charge is 0.479 e. The Morgan fingerprint density at radius 2 is 1.83 bits per heavy atom. The van der Waals surface area contributed by atoms with Crippen molar-refractivity contribution in [1.29, 1.82) is 0 Å². The lowest BCUT2D eigenvalue weighted by Crippen LogP contribution is -2.51. The Balaban J connectivity index is 2.90. The minimum Gasteiger partial charge on any atom is -0.479 e. The van der Waals surface area contributed by atoms with Gasteiger partial charge in [0.1, 0.15) is 0 Å². The summed E-state index contributed by atoms with van der Waals surface area (Å²) < 4.78 is 0. The normalized spacial score (nSPS) is 32.2. The van der Waals surface area contributed by atoms with Gasteiger partial charge in [-0.25, -0.2) is 14.6 Å². The molecule has 1 fully saturated rings. The van der Waals surface area contributed by atoms with Crippen molar-refractivity contribution >= 4 is 5.97 Å². The molecule has 106 valence electrons. The first-order valence-electron chi connectivity index (χ1n) is 6.56. The maximum atomic E-state index is 11.6. The zero-order chi connectivity index (χ0) is 14.2. The number of aliphatic carboxylic acids is 1. The van der Waals surface area contributed by atoms with Gasteiger partial charge in [-0.05, 0) is 51.4 Å². The van der Waals surface area contributed by atoms with Crippen molar-refractivity contribution in [2.75, 3.05) is 0 Å². The summed E-state index contributed by atoms with van der Waals surface area (Å²) in [4.78, 5) is 22.3. The molecule has 0 amide bonds. The zero-order valence-electron chi connectivity index (χ0n) is 12.4. The molecule has 4 nitrogen and oxygen atoms in total. The van der Waals surface area contributed by atoms with Crippen molar-refractivity contribution < 1.29 is 19.7 Å². The Labute approximate surface area is 110 Å². The van der Waals surface area contributed by atoms with Crippen LogP contribution in [0.1, 0.15) is 60.8 Å². The molecule has 0 radical (unpaired) electrons. The molecule has 18 heavy (non-hydrogen) atoms. The van der Waals surface area contributed by atoms with Crippen LogP contribution in [0.2, 0.25) is 0 Å². The monoisotopic (exact) mass is 258 g/mol. The van der Waals surface area contributed by atoms with E-state index in [2.05, 4.69) is 20.8 Å². The van der Waals surface area contributed by atoms with E-state index in [-0.39, 0.29) is 5.41 Å². The van der Waals surface area contributed by atoms with Crippen LogP contribution in [0, 0.1) is 11.3 Å². The van der Waals surface area contributed by atoms with Crippen molar-refractivity contribution in [3.05, 3.63) is 0 Å². The minimum atomic E-state index is -1.21. The van der Waals surface area contributed by atoms with E-state index in [9.17, 15) is 9.90 Å². The van der Waals surface area contributed by atoms with Gasteiger partial charge in [0, 0.05) is 0 Å². The molecule has 0 aromatic carbocycles. The molecule has 1 N–H and O–H groups in total. The van der Waals surface area contributed by atoms with Crippen LogP contribution >= 0.6 is 0 Å². The molecule has 2 unspecified atom stereocenters. The van der Waals surface area contributed by atoms with E-state index in [0.717, 1.165) is 6.42 Å². The number of carboxylic acids is 1. The third-order valence-electron chi connectivity index (χ3n) is 3.18. The smallest absolute Gasteiger partial charge is 0.339 e. The maximum Gasteiger partial charge on any atom is 0.339 e. The highest BCUT2D eigenvalue weighted by molar-refractivity contribution is 5.77. The van der Waals surface area contributed by atoms with Crippen LogP contribution in [-0.2, 0) is 14.6 Å². The number of carboxylic acid groups (broad SMARTS) is 1. The van der Waals surface area contributed by atoms with E-state index in [1.807, 2.05) is 20.8 Å². The molecule has 0 bridgehead atoms. The highest BCUT2D eigenvalue weighted by Crippen LogP contribution is 2.46. The molecule has 0 aromatic rings. The van der Waals surface area contributed by atoms with Crippen molar-refractivity contribution in [2.24, 2.45) is 11.3 Å². The molecule has 2 atom stereocenters. The summed E-state index contributed by atoms with van der Waals surface area (Å²) in [7, 11) is 0. The summed E-state index contributed by atoms with van der Waals surface area (Å²) >= 11 is 0. The van der Waals surface area contributed by atoms with Crippen LogP contribution in [0.3, 0.4) is 0 Å². The van der Waals surface area contributed by atoms with Gasteiger partial charge in [0.05, 0.1) is 5.60 Å². The van der Waals surface area contributed by atoms with Gasteiger partial charge < -0.3 is 5.11 Å². The van der Waals surface area contributed by atoms with Gasteiger partial charge in [-0.15, -0.1) is 0 Å². The summed E-state index contributed by atoms with van der Waals surface area (Å²) in [5.41, 5.74) is -1.76. The fourth-order valence-electron chi connectivity index (χ4n) is 2.96. The summed E-state index contributed by atoms with van der Waals surface area (Å²) in [5.74, 6) is -0.611. The molecule has 1 aliphatic carbocycles. The third kappa shape index (κ3) is 3.95. The summed E-state index contributed by atoms with van der Waals surface area (Å²) in [6, 6.07) is 0. The van der Waals surface area contributed by atoms with E-state index in [1.54, 1.807) is 0 Å². The first-order chi connectivity index (χ1) is 7.96. The van der Waals surface area contributed by atoms with Crippen molar-refractivity contribution in [1.82, 2.24) is 0 Å². The Kier molecular flexibility index (Phi) is 4.13. The highest BCUT2D eigenvalue weighted by Gasteiger charge is 2.51. The molecule has 0 heterocycles. The van der Waals surface area contributed by atoms with Gasteiger partial charge in [-0.2, -0.15) is 0 Å². The Hall–Kier alpha value is -0.610. The Morgan fingerprint density at radius 3 is 2.22 bits per heavy atom. The summed E-state index contributed by atoms with van der Waals surface area (Å²) in [6.45, 7) is 11.8. The van der Waals surface area contributed by atoms with E-state index in [0.29, 0.717) is 18.8 Å². The minimum absolute atomic E-state index is 0.0443. The standard InChI is InChI=1S/C14H26O4/c1-10-7-13(5,6)9-14(8-10,11(15)16)18-17-12(2,3)4/h10H,7-9H2,1-6H3,(H,15,16). The van der Waals surface area contributed by atoms with Crippen LogP contribution < -0.4 is 0 Å². The highest BCUT2D eigenvalue weighted by atomic mass is 17.2. The molecular formula is C14H26O4. The van der Waals surface area contributed by atoms with Gasteiger partial charge in [-0.3, -0.25) is 0 Å². The first-order valence-corrected chi connectivity index (χ1v) is 6.56. The second-order valence-corrected chi connectivity index (χ2v) is 7.43. The molecule has 4 heteroatoms. The van der Waals surface area contributed by atoms with E-state index >= 15 is 0 Å². The lowest BCUT2D eigenvalue weighted by molar-refractivity contribution is -0.406. The quantitative estimate of drug-likeness (QED) is 0.622. The van der Waals surface area contributed by atoms with Gasteiger partial charge in [0.25, 0.3) is 0 Å². The van der Waals surface area contributed by atoms with Gasteiger partial charge >= 0.3 is 5.97 Å². The second kappa shape index (κ2) is 4.82. The van der Waals surface area contributed by atoms with Crippen molar-refractivity contribution in [3.63, 3.8) is 0 Å². The van der Waals surface area contributed by atoms with Crippen LogP contribution in [-0.4, -0.2) is 22.3 Å². The van der Waals surface area contributed by atoms with Gasteiger partial charge in [0.2, 0.25) is 5.60 Å². The number of hydrogen-bond acceptors (Lipinski definition) is 3. The van der Waals surface area contributed by atoms with Crippen molar-refractivity contribution in [3.8, 4) is 0 Å². The Morgan fingerprint density at radius 1 is 1.28 bits per heavy atom. The van der Waals surface area contributed by atoms with Crippen molar-refractivity contribution in [2.45, 2.75) is 72.0 Å². The molecule has 0 aliphatic heterocycles. The topological polar surface area (TPSA) is 55.8 Å². The summed E-state index contributed by atoms with van der Waals surface area (Å²) in [5, 5.41) is 9.53. The predicted molar refractivity (Wildman–Crippen MR) is 69.1 cm³/mol. The zero-order valence-corrected chi connectivity index (χ0v) is 12.4. The first kappa shape index (κ1) is 15.4. The average Bonchev–Trinajstić information content (AvgIpc) is 2.10. The fourth-order valence-corrected chi connectivity index (χ4v) is 2.96. The fraction of sp³-hybridized carbons (Fsp3) is 0.929. The SMILES string of the molecule is CC1CC(C)(C)CC(OOC(C)(C)C)(C(=O)O)C1. The molecule has 0 aromatic heterocycles. The molecule has 0 spiro atoms. The van der Waals surface area contributed by atoms with E-state index < -0.39 is 17.2 Å². The van der Waals surface area contributed by atoms with Crippen LogP contribution in [0.5, 0.6) is 0 Å².